The van der Waals surface area contributed by atoms with Gasteiger partial charge in [0.1, 0.15) is 0 Å². The van der Waals surface area contributed by atoms with Gasteiger partial charge in [-0.3, -0.25) is 0 Å². The standard InChI is InChI=1S/C8H13N3O4/c1-8(14,7(12)13)4-9-3-2-6-10-5-15-11-6/h5,9,14H,2-4H2,1H3,(H,12,13). The third kappa shape index (κ3) is 3.64. The van der Waals surface area contributed by atoms with E-state index in [-0.39, 0.29) is 6.54 Å². The van der Waals surface area contributed by atoms with Gasteiger partial charge in [-0.2, -0.15) is 4.98 Å². The molecule has 0 aliphatic rings. The second-order valence-corrected chi connectivity index (χ2v) is 3.35. The van der Waals surface area contributed by atoms with E-state index in [0.717, 1.165) is 0 Å². The molecule has 1 unspecified atom stereocenters. The topological polar surface area (TPSA) is 108 Å². The molecule has 3 N–H and O–H groups in total. The molecule has 0 aliphatic heterocycles. The minimum Gasteiger partial charge on any atom is -0.479 e. The van der Waals surface area contributed by atoms with E-state index in [1.165, 1.54) is 13.3 Å². The van der Waals surface area contributed by atoms with Crippen LogP contribution in [-0.2, 0) is 11.2 Å². The summed E-state index contributed by atoms with van der Waals surface area (Å²) in [6.07, 6.45) is 1.74. The fourth-order valence-electron chi connectivity index (χ4n) is 0.910. The van der Waals surface area contributed by atoms with Gasteiger partial charge in [0.25, 0.3) is 0 Å². The fraction of sp³-hybridized carbons (Fsp3) is 0.625. The van der Waals surface area contributed by atoms with Gasteiger partial charge in [0.2, 0.25) is 6.39 Å². The molecule has 0 aliphatic carbocycles. The predicted octanol–water partition coefficient (Wildman–Crippen LogP) is -0.963. The van der Waals surface area contributed by atoms with Crippen LogP contribution in [0.2, 0.25) is 0 Å². The Morgan fingerprint density at radius 1 is 1.73 bits per heavy atom. The Hall–Kier alpha value is -1.47. The summed E-state index contributed by atoms with van der Waals surface area (Å²) in [5.74, 6) is -0.716. The highest BCUT2D eigenvalue weighted by Crippen LogP contribution is 2.00. The first kappa shape index (κ1) is 11.6. The molecule has 0 radical (unpaired) electrons. The van der Waals surface area contributed by atoms with Crippen molar-refractivity contribution in [2.45, 2.75) is 18.9 Å². The molecule has 1 aromatic heterocycles. The Morgan fingerprint density at radius 3 is 3.00 bits per heavy atom. The van der Waals surface area contributed by atoms with Crippen molar-refractivity contribution >= 4 is 5.97 Å². The van der Waals surface area contributed by atoms with Gasteiger partial charge in [-0.05, 0) is 6.92 Å². The number of nitrogens with one attached hydrogen (secondary N) is 1. The number of carbonyl (C=O) groups is 1. The monoisotopic (exact) mass is 215 g/mol. The van der Waals surface area contributed by atoms with Crippen LogP contribution in [0.15, 0.2) is 10.9 Å². The van der Waals surface area contributed by atoms with E-state index >= 15 is 0 Å². The Morgan fingerprint density at radius 2 is 2.47 bits per heavy atom. The molecule has 1 heterocycles. The number of nitrogens with zero attached hydrogens (tertiary/aromatic N) is 2. The summed E-state index contributed by atoms with van der Waals surface area (Å²) in [6, 6.07) is 0. The molecule has 1 rings (SSSR count). The zero-order chi connectivity index (χ0) is 11.3. The van der Waals surface area contributed by atoms with Gasteiger partial charge in [-0.1, -0.05) is 5.16 Å². The maximum atomic E-state index is 10.5. The highest BCUT2D eigenvalue weighted by molar-refractivity contribution is 5.76. The Balaban J connectivity index is 2.19. The number of aliphatic hydroxyl groups is 1. The minimum atomic E-state index is -1.75. The molecule has 15 heavy (non-hydrogen) atoms. The third-order valence-corrected chi connectivity index (χ3v) is 1.86. The Bertz CT molecular complexity index is 310. The minimum absolute atomic E-state index is 0.0276. The Labute approximate surface area is 86.1 Å². The molecule has 84 valence electrons. The zero-order valence-electron chi connectivity index (χ0n) is 8.30. The normalized spacial score (nSPS) is 14.8. The van der Waals surface area contributed by atoms with Crippen LogP contribution in [0.25, 0.3) is 0 Å². The van der Waals surface area contributed by atoms with E-state index in [1.54, 1.807) is 0 Å². The molecule has 0 spiro atoms. The number of carboxylic acid groups (broad SMARTS) is 1. The maximum absolute atomic E-state index is 10.5. The van der Waals surface area contributed by atoms with Crippen LogP contribution in [0.5, 0.6) is 0 Å². The van der Waals surface area contributed by atoms with E-state index in [1.807, 2.05) is 0 Å². The van der Waals surface area contributed by atoms with Crippen LogP contribution in [0.4, 0.5) is 0 Å². The van der Waals surface area contributed by atoms with E-state index in [4.69, 9.17) is 5.11 Å². The quantitative estimate of drug-likeness (QED) is 0.524. The van der Waals surface area contributed by atoms with Crippen LogP contribution in [0, 0.1) is 0 Å². The van der Waals surface area contributed by atoms with Crippen molar-refractivity contribution < 1.29 is 19.5 Å². The van der Waals surface area contributed by atoms with Crippen molar-refractivity contribution in [1.29, 1.82) is 0 Å². The molecule has 0 aromatic carbocycles. The maximum Gasteiger partial charge on any atom is 0.336 e. The summed E-state index contributed by atoms with van der Waals surface area (Å²) in [4.78, 5) is 14.3. The van der Waals surface area contributed by atoms with Crippen LogP contribution in [0.3, 0.4) is 0 Å². The highest BCUT2D eigenvalue weighted by atomic mass is 16.5. The molecule has 7 nitrogen and oxygen atoms in total. The molecular formula is C8H13N3O4. The van der Waals surface area contributed by atoms with Gasteiger partial charge in [0.15, 0.2) is 11.4 Å². The average molecular weight is 215 g/mol. The predicted molar refractivity (Wildman–Crippen MR) is 49.1 cm³/mol. The summed E-state index contributed by atoms with van der Waals surface area (Å²) >= 11 is 0. The van der Waals surface area contributed by atoms with Gasteiger partial charge in [-0.25, -0.2) is 4.79 Å². The Kier molecular flexibility index (Phi) is 3.75. The van der Waals surface area contributed by atoms with Crippen molar-refractivity contribution in [3.05, 3.63) is 12.2 Å². The van der Waals surface area contributed by atoms with Crippen molar-refractivity contribution in [1.82, 2.24) is 15.5 Å². The van der Waals surface area contributed by atoms with Gasteiger partial charge in [0.05, 0.1) is 0 Å². The van der Waals surface area contributed by atoms with Gasteiger partial charge >= 0.3 is 5.97 Å². The largest absolute Gasteiger partial charge is 0.479 e. The SMILES string of the molecule is CC(O)(CNCCc1ncon1)C(=O)O. The number of aliphatic carboxylic acids is 1. The van der Waals surface area contributed by atoms with E-state index < -0.39 is 11.6 Å². The van der Waals surface area contributed by atoms with E-state index in [2.05, 4.69) is 20.0 Å². The number of carboxylic acids is 1. The molecule has 0 amide bonds. The molecule has 0 saturated carbocycles. The van der Waals surface area contributed by atoms with Crippen molar-refractivity contribution in [3.63, 3.8) is 0 Å². The van der Waals surface area contributed by atoms with Crippen LogP contribution in [-0.4, -0.2) is 45.0 Å². The van der Waals surface area contributed by atoms with Crippen molar-refractivity contribution in [2.75, 3.05) is 13.1 Å². The average Bonchev–Trinajstić information content (AvgIpc) is 2.64. The molecule has 0 fully saturated rings. The molecule has 7 heteroatoms. The summed E-state index contributed by atoms with van der Waals surface area (Å²) in [6.45, 7) is 1.68. The summed E-state index contributed by atoms with van der Waals surface area (Å²) in [7, 11) is 0. The van der Waals surface area contributed by atoms with Gasteiger partial charge < -0.3 is 20.1 Å². The zero-order valence-corrected chi connectivity index (χ0v) is 8.30. The molecule has 0 saturated heterocycles. The lowest BCUT2D eigenvalue weighted by molar-refractivity contribution is -0.156. The number of aromatic nitrogens is 2. The van der Waals surface area contributed by atoms with Crippen LogP contribution >= 0.6 is 0 Å². The fourth-order valence-corrected chi connectivity index (χ4v) is 0.910. The summed E-state index contributed by atoms with van der Waals surface area (Å²) in [5.41, 5.74) is -1.75. The second kappa shape index (κ2) is 4.85. The van der Waals surface area contributed by atoms with Crippen molar-refractivity contribution in [3.8, 4) is 0 Å². The van der Waals surface area contributed by atoms with Gasteiger partial charge in [0, 0.05) is 19.5 Å². The summed E-state index contributed by atoms with van der Waals surface area (Å²) < 4.78 is 4.52. The van der Waals surface area contributed by atoms with Crippen molar-refractivity contribution in [2.24, 2.45) is 0 Å². The number of hydrogen-bond donors (Lipinski definition) is 3. The van der Waals surface area contributed by atoms with E-state index in [9.17, 15) is 9.90 Å². The smallest absolute Gasteiger partial charge is 0.336 e. The lowest BCUT2D eigenvalue weighted by Crippen LogP contribution is -2.45. The first-order chi connectivity index (χ1) is 7.02. The lowest BCUT2D eigenvalue weighted by atomic mass is 10.1. The first-order valence-electron chi connectivity index (χ1n) is 4.44. The number of hydrogen-bond acceptors (Lipinski definition) is 6. The molecule has 1 atom stereocenters. The molecule has 0 bridgehead atoms. The molecular weight excluding hydrogens is 202 g/mol. The lowest BCUT2D eigenvalue weighted by Gasteiger charge is -2.17. The third-order valence-electron chi connectivity index (χ3n) is 1.86. The van der Waals surface area contributed by atoms with Crippen LogP contribution < -0.4 is 5.32 Å². The summed E-state index contributed by atoms with van der Waals surface area (Å²) in [5, 5.41) is 24.3. The second-order valence-electron chi connectivity index (χ2n) is 3.35. The highest BCUT2D eigenvalue weighted by Gasteiger charge is 2.28. The number of rotatable bonds is 6. The van der Waals surface area contributed by atoms with E-state index in [0.29, 0.717) is 18.8 Å². The van der Waals surface area contributed by atoms with Gasteiger partial charge in [-0.15, -0.1) is 0 Å². The molecule has 1 aromatic rings. The van der Waals surface area contributed by atoms with Crippen LogP contribution in [0.1, 0.15) is 12.7 Å². The first-order valence-corrected chi connectivity index (χ1v) is 4.44.